The fourth-order valence-electron chi connectivity index (χ4n) is 1.69. The van der Waals surface area contributed by atoms with Crippen LogP contribution in [0.2, 0.25) is 0 Å². The number of hydrogen-bond acceptors (Lipinski definition) is 2. The molecule has 0 unspecified atom stereocenters. The molecule has 0 aromatic heterocycles. The number of halogens is 2. The number of ketones is 2. The first-order chi connectivity index (χ1) is 10.1. The fraction of sp³-hybridized carbons (Fsp3) is 0.0588. The minimum Gasteiger partial charge on any atom is -0.288 e. The largest absolute Gasteiger partial charge is 0.288 e. The molecule has 4 heteroatoms. The van der Waals surface area contributed by atoms with Crippen molar-refractivity contribution in [2.24, 2.45) is 0 Å². The van der Waals surface area contributed by atoms with Crippen molar-refractivity contribution in [3.8, 4) is 0 Å². The van der Waals surface area contributed by atoms with Gasteiger partial charge in [-0.2, -0.15) is 0 Å². The quantitative estimate of drug-likeness (QED) is 0.631. The number of carbonyl (C=O) groups is 2. The van der Waals surface area contributed by atoms with Crippen molar-refractivity contribution in [1.82, 2.24) is 0 Å². The summed E-state index contributed by atoms with van der Waals surface area (Å²) in [6.45, 7) is 0. The molecular weight excluding hydrogens is 307 g/mol. The summed E-state index contributed by atoms with van der Waals surface area (Å²) in [5.41, 5.74) is 6.61. The van der Waals surface area contributed by atoms with E-state index in [4.69, 9.17) is 23.2 Å². The van der Waals surface area contributed by atoms with E-state index in [1.165, 1.54) is 12.2 Å². The third-order valence-corrected chi connectivity index (χ3v) is 3.31. The number of allylic oxidation sites excluding steroid dienone is 12. The van der Waals surface area contributed by atoms with Gasteiger partial charge in [-0.05, 0) is 41.2 Å². The molecule has 2 aliphatic carbocycles. The van der Waals surface area contributed by atoms with Crippen molar-refractivity contribution in [3.05, 3.63) is 81.3 Å². The molecule has 0 atom stereocenters. The van der Waals surface area contributed by atoms with E-state index < -0.39 is 11.6 Å². The average Bonchev–Trinajstić information content (AvgIpc) is 2.71. The first-order valence-electron chi connectivity index (χ1n) is 6.14. The van der Waals surface area contributed by atoms with Gasteiger partial charge in [0, 0.05) is 0 Å². The Hall–Kier alpha value is -2.08. The molecule has 0 spiro atoms. The van der Waals surface area contributed by atoms with E-state index in [2.05, 4.69) is 11.5 Å². The summed E-state index contributed by atoms with van der Waals surface area (Å²) < 4.78 is 0. The molecule has 0 aliphatic heterocycles. The normalized spacial score (nSPS) is 21.8. The zero-order chi connectivity index (χ0) is 15.2. The van der Waals surface area contributed by atoms with E-state index >= 15 is 0 Å². The lowest BCUT2D eigenvalue weighted by Gasteiger charge is -2.01. The third-order valence-electron chi connectivity index (χ3n) is 2.75. The van der Waals surface area contributed by atoms with Crippen molar-refractivity contribution in [2.45, 2.75) is 6.42 Å². The minimum absolute atomic E-state index is 0.180. The van der Waals surface area contributed by atoms with Crippen molar-refractivity contribution in [2.75, 3.05) is 0 Å². The van der Waals surface area contributed by atoms with Gasteiger partial charge < -0.3 is 0 Å². The standard InChI is InChI=1S/C17H10Cl2O2/c18-14-7-8-15(19)17(21)10-6-13-4-2-1-3-12(11-13)5-9-16(14)20/h1-6,9-10H,11H2/b9-5-,10-6-,15-14?. The van der Waals surface area contributed by atoms with Crippen molar-refractivity contribution in [3.63, 3.8) is 0 Å². The molecule has 0 N–H and O–H groups in total. The van der Waals surface area contributed by atoms with Gasteiger partial charge in [0.1, 0.15) is 10.1 Å². The van der Waals surface area contributed by atoms with Gasteiger partial charge in [-0.15, -0.1) is 0 Å². The fourth-order valence-corrected chi connectivity index (χ4v) is 1.91. The summed E-state index contributed by atoms with van der Waals surface area (Å²) in [5, 5.41) is -0.359. The van der Waals surface area contributed by atoms with E-state index in [1.807, 2.05) is 24.3 Å². The highest BCUT2D eigenvalue weighted by molar-refractivity contribution is 6.45. The summed E-state index contributed by atoms with van der Waals surface area (Å²) in [6, 6.07) is 0. The maximum Gasteiger partial charge on any atom is 0.205 e. The molecule has 0 heterocycles. The van der Waals surface area contributed by atoms with Crippen LogP contribution in [0.25, 0.3) is 0 Å². The van der Waals surface area contributed by atoms with Gasteiger partial charge in [-0.3, -0.25) is 9.59 Å². The third kappa shape index (κ3) is 4.46. The van der Waals surface area contributed by atoms with Crippen molar-refractivity contribution < 1.29 is 9.59 Å². The van der Waals surface area contributed by atoms with Crippen LogP contribution in [0, 0.1) is 0 Å². The van der Waals surface area contributed by atoms with Gasteiger partial charge in [0.2, 0.25) is 11.6 Å². The van der Waals surface area contributed by atoms with Crippen LogP contribution in [0.3, 0.4) is 0 Å². The van der Waals surface area contributed by atoms with Gasteiger partial charge in [0.05, 0.1) is 0 Å². The van der Waals surface area contributed by atoms with Crippen molar-refractivity contribution in [1.29, 1.82) is 0 Å². The van der Waals surface area contributed by atoms with Gasteiger partial charge in [-0.1, -0.05) is 59.7 Å². The molecule has 2 nitrogen and oxygen atoms in total. The number of fused-ring (bicyclic) bond motifs is 2. The van der Waals surface area contributed by atoms with E-state index in [0.29, 0.717) is 6.42 Å². The molecule has 0 radical (unpaired) electrons. The predicted molar refractivity (Wildman–Crippen MR) is 84.0 cm³/mol. The molecule has 104 valence electrons. The second kappa shape index (κ2) is 7.08. The predicted octanol–water partition coefficient (Wildman–Crippen LogP) is 4.06. The Balaban J connectivity index is 2.55. The Kier molecular flexibility index (Phi) is 5.16. The summed E-state index contributed by atoms with van der Waals surface area (Å²) in [6.07, 6.45) is 14.2. The average molecular weight is 317 g/mol. The monoisotopic (exact) mass is 316 g/mol. The van der Waals surface area contributed by atoms with Crippen LogP contribution in [-0.2, 0) is 9.59 Å². The summed E-state index contributed by atoms with van der Waals surface area (Å²) in [7, 11) is 0. The van der Waals surface area contributed by atoms with Crippen LogP contribution in [0.1, 0.15) is 6.42 Å². The molecule has 2 rings (SSSR count). The maximum atomic E-state index is 11.8. The van der Waals surface area contributed by atoms with Crippen LogP contribution < -0.4 is 0 Å². The highest BCUT2D eigenvalue weighted by Crippen LogP contribution is 2.18. The van der Waals surface area contributed by atoms with Crippen molar-refractivity contribution >= 4 is 34.8 Å². The molecule has 0 saturated carbocycles. The van der Waals surface area contributed by atoms with Crippen LogP contribution in [0.5, 0.6) is 0 Å². The minimum atomic E-state index is -0.423. The Morgan fingerprint density at radius 3 is 1.62 bits per heavy atom. The molecule has 2 bridgehead atoms. The molecule has 0 aromatic carbocycles. The highest BCUT2D eigenvalue weighted by atomic mass is 35.5. The molecule has 0 saturated heterocycles. The maximum absolute atomic E-state index is 11.8. The van der Waals surface area contributed by atoms with Gasteiger partial charge >= 0.3 is 0 Å². The highest BCUT2D eigenvalue weighted by Gasteiger charge is 2.06. The zero-order valence-corrected chi connectivity index (χ0v) is 12.4. The lowest BCUT2D eigenvalue weighted by molar-refractivity contribution is -0.111. The molecular formula is C17H10Cl2O2. The van der Waals surface area contributed by atoms with E-state index in [-0.39, 0.29) is 10.1 Å². The zero-order valence-electron chi connectivity index (χ0n) is 10.9. The smallest absolute Gasteiger partial charge is 0.205 e. The first-order valence-corrected chi connectivity index (χ1v) is 6.90. The lowest BCUT2D eigenvalue weighted by atomic mass is 10.0. The van der Waals surface area contributed by atoms with Crippen LogP contribution in [0.4, 0.5) is 0 Å². The Morgan fingerprint density at radius 1 is 0.762 bits per heavy atom. The Bertz CT molecular complexity index is 684. The van der Waals surface area contributed by atoms with Crippen LogP contribution >= 0.6 is 23.2 Å². The summed E-state index contributed by atoms with van der Waals surface area (Å²) in [5.74, 6) is -0.846. The van der Waals surface area contributed by atoms with Gasteiger partial charge in [0.15, 0.2) is 0 Å². The second-order valence-electron chi connectivity index (χ2n) is 4.32. The lowest BCUT2D eigenvalue weighted by Crippen LogP contribution is -1.91. The van der Waals surface area contributed by atoms with Gasteiger partial charge in [0.25, 0.3) is 0 Å². The molecule has 0 fully saturated rings. The molecule has 0 amide bonds. The SMILES string of the molecule is O=C1/C=C\C2=CC=CC=C(/C=C\C(=O)C(Cl)=C=C=C1Cl)C2. The summed E-state index contributed by atoms with van der Waals surface area (Å²) >= 11 is 11.6. The number of carbonyl (C=O) groups excluding carboxylic acids is 2. The van der Waals surface area contributed by atoms with E-state index in [9.17, 15) is 9.59 Å². The van der Waals surface area contributed by atoms with E-state index in [0.717, 1.165) is 11.1 Å². The topological polar surface area (TPSA) is 34.1 Å². The summed E-state index contributed by atoms with van der Waals surface area (Å²) in [4.78, 5) is 23.6. The van der Waals surface area contributed by atoms with E-state index in [1.54, 1.807) is 12.2 Å². The Morgan fingerprint density at radius 2 is 1.19 bits per heavy atom. The molecule has 2 aliphatic rings. The molecule has 21 heavy (non-hydrogen) atoms. The van der Waals surface area contributed by atoms with Crippen LogP contribution in [-0.4, -0.2) is 11.6 Å². The number of rotatable bonds is 0. The van der Waals surface area contributed by atoms with Gasteiger partial charge in [-0.25, -0.2) is 0 Å². The Labute approximate surface area is 132 Å². The van der Waals surface area contributed by atoms with Crippen LogP contribution in [0.15, 0.2) is 81.3 Å². The number of hydrogen-bond donors (Lipinski definition) is 0. The molecule has 0 aromatic rings. The first kappa shape index (κ1) is 15.3. The second-order valence-corrected chi connectivity index (χ2v) is 5.07.